The van der Waals surface area contributed by atoms with Crippen molar-refractivity contribution in [3.63, 3.8) is 0 Å². The number of esters is 1. The fourth-order valence-electron chi connectivity index (χ4n) is 2.41. The molecule has 2 aromatic carbocycles. The van der Waals surface area contributed by atoms with Crippen LogP contribution in [0.5, 0.6) is 5.75 Å². The van der Waals surface area contributed by atoms with Gasteiger partial charge in [-0.05, 0) is 36.4 Å². The second kappa shape index (κ2) is 11.1. The average molecular weight is 493 g/mol. The van der Waals surface area contributed by atoms with E-state index in [0.29, 0.717) is 16.8 Å². The molecule has 0 aliphatic rings. The van der Waals surface area contributed by atoms with E-state index in [2.05, 4.69) is 10.6 Å². The summed E-state index contributed by atoms with van der Waals surface area (Å²) in [5.74, 6) is -1.93. The highest BCUT2D eigenvalue weighted by Gasteiger charge is 2.31. The molecule has 172 valence electrons. The van der Waals surface area contributed by atoms with Crippen LogP contribution < -0.4 is 15.4 Å². The maximum absolute atomic E-state index is 12.8. The number of benzene rings is 2. The monoisotopic (exact) mass is 492 g/mol. The van der Waals surface area contributed by atoms with Crippen LogP contribution in [0, 0.1) is 0 Å². The quantitative estimate of drug-likeness (QED) is 0.510. The van der Waals surface area contributed by atoms with Crippen molar-refractivity contribution in [2.75, 3.05) is 24.4 Å². The molecule has 0 aromatic heterocycles. The molecule has 0 heterocycles. The Bertz CT molecular complexity index is 1020. The van der Waals surface area contributed by atoms with Crippen molar-refractivity contribution >= 4 is 52.4 Å². The molecule has 0 atom stereocenters. The van der Waals surface area contributed by atoms with Crippen molar-refractivity contribution in [1.29, 1.82) is 0 Å². The van der Waals surface area contributed by atoms with Crippen molar-refractivity contribution in [1.82, 2.24) is 0 Å². The zero-order valence-electron chi connectivity index (χ0n) is 16.5. The van der Waals surface area contributed by atoms with Crippen LogP contribution in [-0.2, 0) is 25.3 Å². The normalized spacial score (nSPS) is 10.9. The van der Waals surface area contributed by atoms with Gasteiger partial charge in [-0.3, -0.25) is 14.4 Å². The predicted octanol–water partition coefficient (Wildman–Crippen LogP) is 4.92. The van der Waals surface area contributed by atoms with Crippen LogP contribution in [0.25, 0.3) is 0 Å². The molecule has 2 N–H and O–H groups in total. The van der Waals surface area contributed by atoms with E-state index < -0.39 is 49.0 Å². The van der Waals surface area contributed by atoms with Gasteiger partial charge in [0, 0.05) is 11.4 Å². The lowest BCUT2D eigenvalue weighted by atomic mass is 10.2. The smallest absolute Gasteiger partial charge is 0.416 e. The molecule has 2 amide bonds. The summed E-state index contributed by atoms with van der Waals surface area (Å²) < 4.78 is 48.2. The highest BCUT2D eigenvalue weighted by molar-refractivity contribution is 6.33. The molecule has 2 rings (SSSR count). The average Bonchev–Trinajstić information content (AvgIpc) is 2.71. The second-order valence-electron chi connectivity index (χ2n) is 6.29. The molecule has 0 radical (unpaired) electrons. The summed E-state index contributed by atoms with van der Waals surface area (Å²) in [5, 5.41) is 4.93. The van der Waals surface area contributed by atoms with Gasteiger partial charge >= 0.3 is 12.1 Å². The van der Waals surface area contributed by atoms with Gasteiger partial charge in [-0.25, -0.2) is 0 Å². The fourth-order valence-corrected chi connectivity index (χ4v) is 2.74. The summed E-state index contributed by atoms with van der Waals surface area (Å²) in [6.07, 6.45) is -5.41. The summed E-state index contributed by atoms with van der Waals surface area (Å²) in [4.78, 5) is 35.7. The Morgan fingerprint density at radius 1 is 0.938 bits per heavy atom. The van der Waals surface area contributed by atoms with Gasteiger partial charge in [-0.15, -0.1) is 0 Å². The van der Waals surface area contributed by atoms with Crippen LogP contribution in [0.2, 0.25) is 10.0 Å². The zero-order valence-corrected chi connectivity index (χ0v) is 18.0. The number of carbonyl (C=O) groups is 3. The van der Waals surface area contributed by atoms with Gasteiger partial charge in [0.05, 0.1) is 35.5 Å². The molecule has 32 heavy (non-hydrogen) atoms. The summed E-state index contributed by atoms with van der Waals surface area (Å²) in [7, 11) is 1.40. The molecular formula is C20H17Cl2F3N2O5. The van der Waals surface area contributed by atoms with E-state index in [1.54, 1.807) is 12.1 Å². The minimum atomic E-state index is -4.61. The van der Waals surface area contributed by atoms with E-state index in [0.717, 1.165) is 12.1 Å². The lowest BCUT2D eigenvalue weighted by Gasteiger charge is -2.12. The van der Waals surface area contributed by atoms with Crippen molar-refractivity contribution in [2.45, 2.75) is 19.0 Å². The third kappa shape index (κ3) is 7.61. The SMILES string of the molecule is COc1ccc(Cl)cc1NC(=O)COC(=O)CCC(=O)Nc1cc(C(F)(F)F)ccc1Cl. The first-order chi connectivity index (χ1) is 15.0. The van der Waals surface area contributed by atoms with Gasteiger partial charge in [0.15, 0.2) is 6.61 Å². The number of carbonyl (C=O) groups excluding carboxylic acids is 3. The highest BCUT2D eigenvalue weighted by Crippen LogP contribution is 2.34. The van der Waals surface area contributed by atoms with Crippen LogP contribution in [0.3, 0.4) is 0 Å². The summed E-state index contributed by atoms with van der Waals surface area (Å²) in [5.41, 5.74) is -0.952. The zero-order chi connectivity index (χ0) is 23.9. The first-order valence-electron chi connectivity index (χ1n) is 8.95. The van der Waals surface area contributed by atoms with Crippen molar-refractivity contribution < 1.29 is 37.0 Å². The molecule has 0 saturated heterocycles. The molecular weight excluding hydrogens is 476 g/mol. The molecule has 12 heteroatoms. The number of halogens is 5. The Morgan fingerprint density at radius 3 is 2.28 bits per heavy atom. The number of alkyl halides is 3. The van der Waals surface area contributed by atoms with Crippen LogP contribution in [-0.4, -0.2) is 31.5 Å². The van der Waals surface area contributed by atoms with E-state index in [-0.39, 0.29) is 16.4 Å². The summed E-state index contributed by atoms with van der Waals surface area (Å²) in [6, 6.07) is 7.02. The summed E-state index contributed by atoms with van der Waals surface area (Å²) in [6.45, 7) is -0.629. The number of rotatable bonds is 8. The van der Waals surface area contributed by atoms with E-state index in [1.807, 2.05) is 0 Å². The van der Waals surface area contributed by atoms with Gasteiger partial charge in [0.25, 0.3) is 5.91 Å². The van der Waals surface area contributed by atoms with Gasteiger partial charge in [0.2, 0.25) is 5.91 Å². The molecule has 0 bridgehead atoms. The third-order valence-corrected chi connectivity index (χ3v) is 4.49. The number of anilines is 2. The Hall–Kier alpha value is -2.98. The Labute approximate surface area is 190 Å². The van der Waals surface area contributed by atoms with Crippen LogP contribution in [0.15, 0.2) is 36.4 Å². The van der Waals surface area contributed by atoms with Crippen molar-refractivity contribution in [3.8, 4) is 5.75 Å². The van der Waals surface area contributed by atoms with E-state index in [9.17, 15) is 27.6 Å². The minimum Gasteiger partial charge on any atom is -0.495 e. The third-order valence-electron chi connectivity index (χ3n) is 3.92. The minimum absolute atomic E-state index is 0.0953. The van der Waals surface area contributed by atoms with Crippen molar-refractivity contribution in [3.05, 3.63) is 52.0 Å². The predicted molar refractivity (Wildman–Crippen MR) is 112 cm³/mol. The lowest BCUT2D eigenvalue weighted by Crippen LogP contribution is -2.22. The number of methoxy groups -OCH3 is 1. The number of nitrogens with one attached hydrogen (secondary N) is 2. The maximum Gasteiger partial charge on any atom is 0.416 e. The maximum atomic E-state index is 12.8. The van der Waals surface area contributed by atoms with Gasteiger partial charge in [-0.1, -0.05) is 23.2 Å². The second-order valence-corrected chi connectivity index (χ2v) is 7.14. The van der Waals surface area contributed by atoms with Crippen LogP contribution in [0.4, 0.5) is 24.5 Å². The highest BCUT2D eigenvalue weighted by atomic mass is 35.5. The van der Waals surface area contributed by atoms with Crippen LogP contribution in [0.1, 0.15) is 18.4 Å². The van der Waals surface area contributed by atoms with E-state index in [1.165, 1.54) is 13.2 Å². The summed E-state index contributed by atoms with van der Waals surface area (Å²) >= 11 is 11.7. The Balaban J connectivity index is 1.81. The molecule has 2 aromatic rings. The van der Waals surface area contributed by atoms with Gasteiger partial charge < -0.3 is 20.1 Å². The topological polar surface area (TPSA) is 93.7 Å². The fraction of sp³-hybridized carbons (Fsp3) is 0.250. The first kappa shape index (κ1) is 25.3. The molecule has 0 spiro atoms. The Morgan fingerprint density at radius 2 is 1.62 bits per heavy atom. The van der Waals surface area contributed by atoms with E-state index >= 15 is 0 Å². The van der Waals surface area contributed by atoms with Gasteiger partial charge in [-0.2, -0.15) is 13.2 Å². The lowest BCUT2D eigenvalue weighted by molar-refractivity contribution is -0.147. The first-order valence-corrected chi connectivity index (χ1v) is 9.71. The molecule has 0 saturated carbocycles. The van der Waals surface area contributed by atoms with Gasteiger partial charge in [0.1, 0.15) is 5.75 Å². The molecule has 7 nitrogen and oxygen atoms in total. The van der Waals surface area contributed by atoms with E-state index in [4.69, 9.17) is 32.7 Å². The molecule has 0 aliphatic carbocycles. The number of hydrogen-bond donors (Lipinski definition) is 2. The molecule has 0 aliphatic heterocycles. The number of amides is 2. The number of hydrogen-bond acceptors (Lipinski definition) is 5. The van der Waals surface area contributed by atoms with Crippen molar-refractivity contribution in [2.24, 2.45) is 0 Å². The number of ether oxygens (including phenoxy) is 2. The Kier molecular flexibility index (Phi) is 8.73. The largest absolute Gasteiger partial charge is 0.495 e. The standard InChI is InChI=1S/C20H17Cl2F3N2O5/c1-31-16-5-3-12(21)9-15(16)27-18(29)10-32-19(30)7-6-17(28)26-14-8-11(20(23,24)25)2-4-13(14)22/h2-5,8-9H,6-7,10H2,1H3,(H,26,28)(H,27,29). The molecule has 0 fully saturated rings. The molecule has 0 unspecified atom stereocenters. The van der Waals surface area contributed by atoms with Crippen LogP contribution >= 0.6 is 23.2 Å².